The quantitative estimate of drug-likeness (QED) is 0.232. The highest BCUT2D eigenvalue weighted by Gasteiger charge is 2.08. The Kier molecular flexibility index (Phi) is 5.94. The van der Waals surface area contributed by atoms with Crippen LogP contribution in [0.4, 0.5) is 5.69 Å². The van der Waals surface area contributed by atoms with Gasteiger partial charge in [0, 0.05) is 16.3 Å². The summed E-state index contributed by atoms with van der Waals surface area (Å²) in [5.74, 6) is 0.0826. The van der Waals surface area contributed by atoms with Crippen molar-refractivity contribution in [2.45, 2.75) is 6.92 Å². The smallest absolute Gasteiger partial charge is 0.343 e. The lowest BCUT2D eigenvalue weighted by molar-refractivity contribution is 0.0734. The third-order valence-electron chi connectivity index (χ3n) is 3.81. The maximum absolute atomic E-state index is 12.1. The van der Waals surface area contributed by atoms with Crippen molar-refractivity contribution in [3.63, 3.8) is 0 Å². The zero-order chi connectivity index (χ0) is 19.2. The zero-order valence-electron chi connectivity index (χ0n) is 14.6. The number of ketones is 1. The van der Waals surface area contributed by atoms with Crippen molar-refractivity contribution in [2.75, 3.05) is 0 Å². The molecule has 0 aliphatic rings. The lowest BCUT2D eigenvalue weighted by atomic mass is 10.1. The van der Waals surface area contributed by atoms with Crippen LogP contribution in [0.15, 0.2) is 82.3 Å². The molecule has 27 heavy (non-hydrogen) atoms. The Hall–Kier alpha value is -3.05. The van der Waals surface area contributed by atoms with E-state index in [2.05, 4.69) is 20.9 Å². The van der Waals surface area contributed by atoms with Crippen molar-refractivity contribution in [1.29, 1.82) is 0 Å². The maximum atomic E-state index is 12.1. The minimum absolute atomic E-state index is 0.0267. The van der Waals surface area contributed by atoms with E-state index in [1.54, 1.807) is 66.9 Å². The standard InChI is InChI=1S/C22H16BrNO3/c1-15(25)17-6-10-20(11-7-17)24-14-16-2-12-21(13-3-16)27-22(26)18-4-8-19(23)9-5-18/h2-14H,1H3. The van der Waals surface area contributed by atoms with Crippen molar-refractivity contribution in [3.8, 4) is 5.75 Å². The van der Waals surface area contributed by atoms with Gasteiger partial charge >= 0.3 is 5.97 Å². The minimum Gasteiger partial charge on any atom is -0.423 e. The van der Waals surface area contributed by atoms with Gasteiger partial charge in [-0.15, -0.1) is 0 Å². The topological polar surface area (TPSA) is 55.7 Å². The van der Waals surface area contributed by atoms with Gasteiger partial charge in [0.1, 0.15) is 5.75 Å². The summed E-state index contributed by atoms with van der Waals surface area (Å²) in [7, 11) is 0. The summed E-state index contributed by atoms with van der Waals surface area (Å²) in [5.41, 5.74) is 2.77. The molecule has 4 nitrogen and oxygen atoms in total. The van der Waals surface area contributed by atoms with E-state index in [0.717, 1.165) is 15.7 Å². The van der Waals surface area contributed by atoms with Gasteiger partial charge in [-0.1, -0.05) is 15.9 Å². The summed E-state index contributed by atoms with van der Waals surface area (Å²) in [6, 6.07) is 21.1. The van der Waals surface area contributed by atoms with Gasteiger partial charge in [0.05, 0.1) is 11.3 Å². The van der Waals surface area contributed by atoms with Crippen molar-refractivity contribution < 1.29 is 14.3 Å². The normalized spacial score (nSPS) is 10.7. The van der Waals surface area contributed by atoms with E-state index in [-0.39, 0.29) is 5.78 Å². The summed E-state index contributed by atoms with van der Waals surface area (Å²) < 4.78 is 6.26. The molecule has 0 atom stereocenters. The van der Waals surface area contributed by atoms with Gasteiger partial charge in [-0.25, -0.2) is 4.79 Å². The Morgan fingerprint density at radius 3 is 2.04 bits per heavy atom. The first-order valence-corrected chi connectivity index (χ1v) is 9.03. The molecule has 0 amide bonds. The number of benzene rings is 3. The molecule has 134 valence electrons. The molecule has 0 saturated heterocycles. The van der Waals surface area contributed by atoms with Gasteiger partial charge in [0.15, 0.2) is 5.78 Å². The molecule has 0 aliphatic carbocycles. The molecule has 0 fully saturated rings. The Labute approximate surface area is 165 Å². The second-order valence-electron chi connectivity index (χ2n) is 5.83. The number of rotatable bonds is 5. The highest BCUT2D eigenvalue weighted by molar-refractivity contribution is 9.10. The van der Waals surface area contributed by atoms with Crippen LogP contribution in [-0.2, 0) is 0 Å². The van der Waals surface area contributed by atoms with E-state index in [1.165, 1.54) is 6.92 Å². The molecule has 0 unspecified atom stereocenters. The molecule has 0 heterocycles. The van der Waals surface area contributed by atoms with Crippen LogP contribution in [-0.4, -0.2) is 18.0 Å². The number of hydrogen-bond acceptors (Lipinski definition) is 4. The van der Waals surface area contributed by atoms with Gasteiger partial charge in [0.2, 0.25) is 0 Å². The molecule has 0 aromatic heterocycles. The number of hydrogen-bond donors (Lipinski definition) is 0. The van der Waals surface area contributed by atoms with Crippen LogP contribution in [0.1, 0.15) is 33.2 Å². The second-order valence-corrected chi connectivity index (χ2v) is 6.74. The fraction of sp³-hybridized carbons (Fsp3) is 0.0455. The summed E-state index contributed by atoms with van der Waals surface area (Å²) in [4.78, 5) is 27.8. The number of ether oxygens (including phenoxy) is 1. The molecule has 3 aromatic carbocycles. The molecular formula is C22H16BrNO3. The number of carbonyl (C=O) groups is 2. The van der Waals surface area contributed by atoms with Gasteiger partial charge in [0.25, 0.3) is 0 Å². The number of nitrogens with zero attached hydrogens (tertiary/aromatic N) is 1. The molecular weight excluding hydrogens is 406 g/mol. The molecule has 0 bridgehead atoms. The fourth-order valence-electron chi connectivity index (χ4n) is 2.31. The van der Waals surface area contributed by atoms with Crippen molar-refractivity contribution >= 4 is 39.6 Å². The first-order valence-electron chi connectivity index (χ1n) is 8.24. The van der Waals surface area contributed by atoms with Crippen LogP contribution >= 0.6 is 15.9 Å². The lowest BCUT2D eigenvalue weighted by Gasteiger charge is -2.04. The Bertz CT molecular complexity index is 976. The monoisotopic (exact) mass is 421 g/mol. The lowest BCUT2D eigenvalue weighted by Crippen LogP contribution is -2.08. The summed E-state index contributed by atoms with van der Waals surface area (Å²) in [6.45, 7) is 1.53. The average Bonchev–Trinajstić information content (AvgIpc) is 2.68. The van der Waals surface area contributed by atoms with E-state index in [9.17, 15) is 9.59 Å². The van der Waals surface area contributed by atoms with E-state index in [1.807, 2.05) is 12.1 Å². The minimum atomic E-state index is -0.408. The van der Waals surface area contributed by atoms with Gasteiger partial charge < -0.3 is 4.74 Å². The maximum Gasteiger partial charge on any atom is 0.343 e. The molecule has 0 spiro atoms. The van der Waals surface area contributed by atoms with E-state index in [0.29, 0.717) is 16.9 Å². The Balaban J connectivity index is 1.63. The molecule has 3 aromatic rings. The fourth-order valence-corrected chi connectivity index (χ4v) is 2.57. The predicted octanol–water partition coefficient (Wildman–Crippen LogP) is 5.62. The Morgan fingerprint density at radius 1 is 0.852 bits per heavy atom. The Morgan fingerprint density at radius 2 is 1.44 bits per heavy atom. The third kappa shape index (κ3) is 5.21. The van der Waals surface area contributed by atoms with Crippen LogP contribution in [0.25, 0.3) is 0 Å². The summed E-state index contributed by atoms with van der Waals surface area (Å²) in [6.07, 6.45) is 1.71. The number of carbonyl (C=O) groups excluding carboxylic acids is 2. The number of aliphatic imine (C=N–C) groups is 1. The van der Waals surface area contributed by atoms with Gasteiger partial charge in [-0.3, -0.25) is 9.79 Å². The first-order chi connectivity index (χ1) is 13.0. The van der Waals surface area contributed by atoms with Crippen molar-refractivity contribution in [2.24, 2.45) is 4.99 Å². The zero-order valence-corrected chi connectivity index (χ0v) is 16.1. The third-order valence-corrected chi connectivity index (χ3v) is 4.34. The number of halogens is 1. The highest BCUT2D eigenvalue weighted by Crippen LogP contribution is 2.17. The highest BCUT2D eigenvalue weighted by atomic mass is 79.9. The van der Waals surface area contributed by atoms with Crippen molar-refractivity contribution in [1.82, 2.24) is 0 Å². The molecule has 0 saturated carbocycles. The van der Waals surface area contributed by atoms with E-state index in [4.69, 9.17) is 4.74 Å². The predicted molar refractivity (Wildman–Crippen MR) is 109 cm³/mol. The van der Waals surface area contributed by atoms with Gasteiger partial charge in [-0.2, -0.15) is 0 Å². The van der Waals surface area contributed by atoms with Crippen LogP contribution < -0.4 is 4.74 Å². The largest absolute Gasteiger partial charge is 0.423 e. The molecule has 0 N–H and O–H groups in total. The van der Waals surface area contributed by atoms with Crippen LogP contribution in [0.2, 0.25) is 0 Å². The number of esters is 1. The van der Waals surface area contributed by atoms with Crippen molar-refractivity contribution in [3.05, 3.63) is 94.0 Å². The van der Waals surface area contributed by atoms with Crippen LogP contribution in [0.3, 0.4) is 0 Å². The van der Waals surface area contributed by atoms with Gasteiger partial charge in [-0.05, 0) is 85.3 Å². The van der Waals surface area contributed by atoms with Crippen LogP contribution in [0.5, 0.6) is 5.75 Å². The summed E-state index contributed by atoms with van der Waals surface area (Å²) in [5, 5.41) is 0. The SMILES string of the molecule is CC(=O)c1ccc(N=Cc2ccc(OC(=O)c3ccc(Br)cc3)cc2)cc1. The van der Waals surface area contributed by atoms with Crippen LogP contribution in [0, 0.1) is 0 Å². The average molecular weight is 422 g/mol. The summed E-state index contributed by atoms with van der Waals surface area (Å²) >= 11 is 3.33. The van der Waals surface area contributed by atoms with E-state index < -0.39 is 5.97 Å². The molecule has 3 rings (SSSR count). The second kappa shape index (κ2) is 8.56. The molecule has 0 aliphatic heterocycles. The first kappa shape index (κ1) is 18.7. The molecule has 5 heteroatoms. The molecule has 0 radical (unpaired) electrons. The van der Waals surface area contributed by atoms with E-state index >= 15 is 0 Å². The number of Topliss-reactive ketones (excluding diaryl/α,β-unsaturated/α-hetero) is 1.